The van der Waals surface area contributed by atoms with E-state index in [4.69, 9.17) is 15.2 Å². The first-order valence-electron chi connectivity index (χ1n) is 21.9. The van der Waals surface area contributed by atoms with Gasteiger partial charge in [0, 0.05) is 31.7 Å². The molecule has 4 aromatic carbocycles. The maximum Gasteiger partial charge on any atom is 0.534 e. The standard InChI is InChI=1S/C25H30F3NO5S.C25H32N2O3/c1-18-16-29(17-20(23(30)33-3)14-19-8-5-4-6-9-19)13-12-24(18,2)21-10-7-11-22(15-21)34-35(31,32)25(26,27)28;1-18-16-27(17-21(24(29)30-3)14-19-8-5-4-6-9-19)13-12-25(18,2)22-11-7-10-20(15-22)23(26)28/h4-11,15,18,20H,12-14,16-17H2,1-3H3;4-11,15,18,21H,12-14,16-17H2,1-3H3,(H2,26,28)/t18-,20-,24+;18-,21-,25+/m00/s1. The molecule has 0 spiro atoms. The number of primary amides is 1. The van der Waals surface area contributed by atoms with Crippen LogP contribution in [-0.2, 0) is 52.9 Å². The van der Waals surface area contributed by atoms with E-state index in [0.29, 0.717) is 62.5 Å². The predicted octanol–water partition coefficient (Wildman–Crippen LogP) is 7.96. The highest BCUT2D eigenvalue weighted by Crippen LogP contribution is 2.42. The number of benzene rings is 4. The van der Waals surface area contributed by atoms with Crippen LogP contribution in [0.15, 0.2) is 109 Å². The van der Waals surface area contributed by atoms with Gasteiger partial charge in [0.15, 0.2) is 0 Å². The van der Waals surface area contributed by atoms with Crippen LogP contribution in [0.25, 0.3) is 0 Å². The van der Waals surface area contributed by atoms with Crippen molar-refractivity contribution in [1.29, 1.82) is 0 Å². The minimum Gasteiger partial charge on any atom is -0.469 e. The van der Waals surface area contributed by atoms with Crippen molar-refractivity contribution in [1.82, 2.24) is 9.80 Å². The Morgan fingerprint density at radius 3 is 1.52 bits per heavy atom. The fraction of sp³-hybridized carbons (Fsp3) is 0.460. The van der Waals surface area contributed by atoms with Crippen LogP contribution < -0.4 is 9.92 Å². The summed E-state index contributed by atoms with van der Waals surface area (Å²) in [4.78, 5) is 41.1. The Morgan fingerprint density at radius 2 is 1.12 bits per heavy atom. The Bertz CT molecular complexity index is 2330. The molecule has 0 unspecified atom stereocenters. The second kappa shape index (κ2) is 21.8. The van der Waals surface area contributed by atoms with Gasteiger partial charge in [-0.1, -0.05) is 113 Å². The molecule has 0 saturated carbocycles. The molecule has 2 saturated heterocycles. The minimum absolute atomic E-state index is 0.0395. The number of amides is 1. The number of nitrogens with two attached hydrogens (primary N) is 1. The monoisotopic (exact) mass is 921 g/mol. The number of esters is 2. The minimum atomic E-state index is -5.74. The molecule has 352 valence electrons. The molecule has 4 aromatic rings. The first-order chi connectivity index (χ1) is 30.7. The summed E-state index contributed by atoms with van der Waals surface area (Å²) in [6.45, 7) is 12.9. The second-order valence-electron chi connectivity index (χ2n) is 17.9. The molecule has 15 heteroatoms. The summed E-state index contributed by atoms with van der Waals surface area (Å²) >= 11 is 0. The molecule has 2 fully saturated rings. The van der Waals surface area contributed by atoms with Crippen molar-refractivity contribution < 1.29 is 49.6 Å². The average molecular weight is 922 g/mol. The Morgan fingerprint density at radius 1 is 0.692 bits per heavy atom. The number of rotatable bonds is 15. The lowest BCUT2D eigenvalue weighted by molar-refractivity contribution is -0.147. The van der Waals surface area contributed by atoms with E-state index in [9.17, 15) is 36.0 Å². The molecule has 6 atom stereocenters. The summed E-state index contributed by atoms with van der Waals surface area (Å²) in [6.07, 6.45) is 2.86. The van der Waals surface area contributed by atoms with Crippen molar-refractivity contribution in [2.24, 2.45) is 29.4 Å². The van der Waals surface area contributed by atoms with Gasteiger partial charge in [0.1, 0.15) is 5.75 Å². The lowest BCUT2D eigenvalue weighted by Gasteiger charge is -2.45. The number of likely N-dealkylation sites (tertiary alicyclic amines) is 2. The molecule has 65 heavy (non-hydrogen) atoms. The summed E-state index contributed by atoms with van der Waals surface area (Å²) < 4.78 is 75.5. The number of carbonyl (C=O) groups is 3. The summed E-state index contributed by atoms with van der Waals surface area (Å²) in [5, 5.41) is 0. The number of hydrogen-bond acceptors (Lipinski definition) is 10. The zero-order valence-electron chi connectivity index (χ0n) is 38.1. The number of halogens is 3. The van der Waals surface area contributed by atoms with E-state index in [1.54, 1.807) is 12.1 Å². The summed E-state index contributed by atoms with van der Waals surface area (Å²) in [7, 11) is -2.90. The highest BCUT2D eigenvalue weighted by atomic mass is 32.2. The molecule has 0 bridgehead atoms. The van der Waals surface area contributed by atoms with Gasteiger partial charge < -0.3 is 29.2 Å². The van der Waals surface area contributed by atoms with E-state index in [1.807, 2.05) is 74.5 Å². The maximum atomic E-state index is 12.7. The SMILES string of the molecule is COC(=O)[C@@H](Cc1ccccc1)CN1CC[C@@](C)(c2cccc(C(N)=O)c2)[C@@H](C)C1.COC(=O)[C@@H](Cc1ccccc1)CN1CC[C@@](C)(c2cccc(OS(=O)(=O)C(F)(F)F)c2)[C@@H](C)C1. The number of hydrogen-bond donors (Lipinski definition) is 1. The third-order valence-electron chi connectivity index (χ3n) is 13.6. The number of nitrogens with zero attached hydrogens (tertiary/aromatic N) is 2. The summed E-state index contributed by atoms with van der Waals surface area (Å²) in [5.74, 6) is -1.28. The van der Waals surface area contributed by atoms with Crippen molar-refractivity contribution in [3.8, 4) is 5.75 Å². The Balaban J connectivity index is 0.000000247. The lowest BCUT2D eigenvalue weighted by Crippen LogP contribution is -2.49. The number of piperidine rings is 2. The molecule has 6 rings (SSSR count). The molecule has 0 aromatic heterocycles. The highest BCUT2D eigenvalue weighted by Gasteiger charge is 2.49. The van der Waals surface area contributed by atoms with Gasteiger partial charge in [-0.3, -0.25) is 14.4 Å². The normalized spacial score (nSPS) is 22.7. The van der Waals surface area contributed by atoms with Crippen molar-refractivity contribution in [3.63, 3.8) is 0 Å². The first-order valence-corrected chi connectivity index (χ1v) is 23.3. The molecule has 11 nitrogen and oxygen atoms in total. The third-order valence-corrected chi connectivity index (χ3v) is 14.6. The Hall–Kier alpha value is -5.25. The highest BCUT2D eigenvalue weighted by molar-refractivity contribution is 7.88. The third kappa shape index (κ3) is 13.0. The van der Waals surface area contributed by atoms with E-state index >= 15 is 0 Å². The van der Waals surface area contributed by atoms with Gasteiger partial charge in [-0.15, -0.1) is 0 Å². The van der Waals surface area contributed by atoms with Crippen molar-refractivity contribution in [3.05, 3.63) is 137 Å². The quantitative estimate of drug-likeness (QED) is 0.0709. The fourth-order valence-corrected chi connectivity index (χ4v) is 9.58. The van der Waals surface area contributed by atoms with Crippen LogP contribution in [0.1, 0.15) is 73.1 Å². The fourth-order valence-electron chi connectivity index (χ4n) is 9.13. The maximum absolute atomic E-state index is 12.7. The Labute approximate surface area is 381 Å². The van der Waals surface area contributed by atoms with Gasteiger partial charge in [0.25, 0.3) is 0 Å². The van der Waals surface area contributed by atoms with Gasteiger partial charge in [0.05, 0.1) is 26.1 Å². The first kappa shape index (κ1) is 50.7. The molecule has 2 aliphatic heterocycles. The van der Waals surface area contributed by atoms with E-state index in [-0.39, 0.29) is 40.9 Å². The zero-order chi connectivity index (χ0) is 47.6. The van der Waals surface area contributed by atoms with Gasteiger partial charge in [-0.2, -0.15) is 21.6 Å². The summed E-state index contributed by atoms with van der Waals surface area (Å²) in [5.41, 5.74) is 4.12. The number of alkyl halides is 3. The van der Waals surface area contributed by atoms with E-state index < -0.39 is 26.9 Å². The van der Waals surface area contributed by atoms with Gasteiger partial charge in [-0.05, 0) is 108 Å². The van der Waals surface area contributed by atoms with Gasteiger partial charge >= 0.3 is 27.6 Å². The predicted molar refractivity (Wildman–Crippen MR) is 243 cm³/mol. The van der Waals surface area contributed by atoms with E-state index in [0.717, 1.165) is 36.2 Å². The summed E-state index contributed by atoms with van der Waals surface area (Å²) in [6, 6.07) is 33.3. The van der Waals surface area contributed by atoms with Crippen LogP contribution in [0.5, 0.6) is 5.75 Å². The van der Waals surface area contributed by atoms with Gasteiger partial charge in [0.2, 0.25) is 5.91 Å². The molecular formula is C50H62F3N3O8S. The topological polar surface area (TPSA) is 146 Å². The molecule has 2 heterocycles. The van der Waals surface area contributed by atoms with Crippen LogP contribution in [0.3, 0.4) is 0 Å². The largest absolute Gasteiger partial charge is 0.534 e. The molecule has 0 radical (unpaired) electrons. The smallest absolute Gasteiger partial charge is 0.469 e. The number of methoxy groups -OCH3 is 2. The average Bonchev–Trinajstić information content (AvgIpc) is 3.28. The van der Waals surface area contributed by atoms with Crippen molar-refractivity contribution in [2.45, 2.75) is 69.7 Å². The molecule has 2 aliphatic rings. The number of ether oxygens (including phenoxy) is 2. The van der Waals surface area contributed by atoms with Crippen molar-refractivity contribution >= 4 is 28.0 Å². The van der Waals surface area contributed by atoms with E-state index in [1.165, 1.54) is 32.4 Å². The van der Waals surface area contributed by atoms with Crippen LogP contribution in [0, 0.1) is 23.7 Å². The van der Waals surface area contributed by atoms with Crippen molar-refractivity contribution in [2.75, 3.05) is 53.5 Å². The molecule has 2 N–H and O–H groups in total. The molecule has 1 amide bonds. The molecule has 0 aliphatic carbocycles. The van der Waals surface area contributed by atoms with Crippen LogP contribution >= 0.6 is 0 Å². The Kier molecular flexibility index (Phi) is 17.0. The lowest BCUT2D eigenvalue weighted by atomic mass is 9.67. The van der Waals surface area contributed by atoms with E-state index in [2.05, 4.69) is 46.0 Å². The number of carbonyl (C=O) groups excluding carboxylic acids is 3. The molecular weight excluding hydrogens is 860 g/mol. The van der Waals surface area contributed by atoms with Crippen LogP contribution in [0.4, 0.5) is 13.2 Å². The second-order valence-corrected chi connectivity index (χ2v) is 19.5. The van der Waals surface area contributed by atoms with Crippen LogP contribution in [-0.4, -0.2) is 95.1 Å². The van der Waals surface area contributed by atoms with Gasteiger partial charge in [-0.25, -0.2) is 0 Å². The zero-order valence-corrected chi connectivity index (χ0v) is 38.9. The van der Waals surface area contributed by atoms with Crippen LogP contribution in [0.2, 0.25) is 0 Å².